The molecule has 0 radical (unpaired) electrons. The molecule has 0 heterocycles. The Labute approximate surface area is 179 Å². The number of carbonyl (C=O) groups is 2. The smallest absolute Gasteiger partial charge is 0.238 e. The van der Waals surface area contributed by atoms with Gasteiger partial charge in [0.05, 0.1) is 6.54 Å². The number of anilines is 2. The van der Waals surface area contributed by atoms with Crippen LogP contribution < -0.4 is 10.2 Å². The molecule has 0 unspecified atom stereocenters. The molecule has 1 amide bonds. The largest absolute Gasteiger partial charge is 0.373 e. The number of rotatable bonds is 10. The molecule has 0 bridgehead atoms. The summed E-state index contributed by atoms with van der Waals surface area (Å²) in [5.74, 6) is -0.222. The third kappa shape index (κ3) is 7.81. The van der Waals surface area contributed by atoms with Gasteiger partial charge in [0.1, 0.15) is 0 Å². The van der Waals surface area contributed by atoms with E-state index in [4.69, 9.17) is 0 Å². The zero-order chi connectivity index (χ0) is 22.1. The SMILES string of the molecule is CN(C)CCN(C)c1cccc(C=CC(=O)c2cccc(NC(=O)CN(C)C)c2)c1. The number of nitrogens with zero attached hydrogens (tertiary/aromatic N) is 3. The maximum atomic E-state index is 12.6. The van der Waals surface area contributed by atoms with E-state index in [1.54, 1.807) is 35.2 Å². The van der Waals surface area contributed by atoms with E-state index in [0.29, 0.717) is 11.3 Å². The van der Waals surface area contributed by atoms with E-state index in [9.17, 15) is 9.59 Å². The van der Waals surface area contributed by atoms with Gasteiger partial charge in [0.2, 0.25) is 5.91 Å². The zero-order valence-corrected chi connectivity index (χ0v) is 18.6. The quantitative estimate of drug-likeness (QED) is 0.484. The number of allylic oxidation sites excluding steroid dienone is 1. The highest BCUT2D eigenvalue weighted by molar-refractivity contribution is 6.07. The van der Waals surface area contributed by atoms with Crippen molar-refractivity contribution in [3.8, 4) is 0 Å². The summed E-state index contributed by atoms with van der Waals surface area (Å²) < 4.78 is 0. The monoisotopic (exact) mass is 408 g/mol. The van der Waals surface area contributed by atoms with Crippen LogP contribution in [0, 0.1) is 0 Å². The van der Waals surface area contributed by atoms with Crippen molar-refractivity contribution in [1.29, 1.82) is 0 Å². The maximum absolute atomic E-state index is 12.6. The van der Waals surface area contributed by atoms with Crippen molar-refractivity contribution in [2.75, 3.05) is 65.1 Å². The van der Waals surface area contributed by atoms with Crippen molar-refractivity contribution in [2.45, 2.75) is 0 Å². The standard InChI is InChI=1S/C24H32N4O2/c1-26(2)14-15-28(5)22-11-6-8-19(16-22)12-13-23(29)20-9-7-10-21(17-20)25-24(30)18-27(3)4/h6-13,16-17H,14-15,18H2,1-5H3,(H,25,30). The van der Waals surface area contributed by atoms with Crippen molar-refractivity contribution < 1.29 is 9.59 Å². The van der Waals surface area contributed by atoms with E-state index in [0.717, 1.165) is 24.3 Å². The summed E-state index contributed by atoms with van der Waals surface area (Å²) in [6, 6.07) is 15.1. The fourth-order valence-corrected chi connectivity index (χ4v) is 2.85. The first-order valence-electron chi connectivity index (χ1n) is 9.97. The summed E-state index contributed by atoms with van der Waals surface area (Å²) in [7, 11) is 9.84. The number of amides is 1. The highest BCUT2D eigenvalue weighted by Gasteiger charge is 2.07. The average molecular weight is 409 g/mol. The number of carbonyl (C=O) groups excluding carboxylic acids is 2. The molecule has 1 N–H and O–H groups in total. The molecule has 2 aromatic carbocycles. The minimum absolute atomic E-state index is 0.106. The van der Waals surface area contributed by atoms with Gasteiger partial charge in [-0.15, -0.1) is 0 Å². The minimum atomic E-state index is -0.115. The number of benzene rings is 2. The fraction of sp³-hybridized carbons (Fsp3) is 0.333. The van der Waals surface area contributed by atoms with Crippen LogP contribution in [0.25, 0.3) is 6.08 Å². The van der Waals surface area contributed by atoms with E-state index >= 15 is 0 Å². The molecule has 0 atom stereocenters. The molecule has 0 saturated heterocycles. The van der Waals surface area contributed by atoms with Crippen molar-refractivity contribution in [3.63, 3.8) is 0 Å². The predicted octanol–water partition coefficient (Wildman–Crippen LogP) is 3.08. The number of likely N-dealkylation sites (N-methyl/N-ethyl adjacent to an activating group) is 3. The Balaban J connectivity index is 2.04. The van der Waals surface area contributed by atoms with Gasteiger partial charge in [0.15, 0.2) is 5.78 Å². The molecule has 0 aromatic heterocycles. The van der Waals surface area contributed by atoms with Crippen LogP contribution in [0.2, 0.25) is 0 Å². The summed E-state index contributed by atoms with van der Waals surface area (Å²) in [5.41, 5.74) is 3.23. The van der Waals surface area contributed by atoms with Crippen molar-refractivity contribution >= 4 is 29.1 Å². The van der Waals surface area contributed by atoms with Gasteiger partial charge in [0.25, 0.3) is 0 Å². The lowest BCUT2D eigenvalue weighted by Crippen LogP contribution is -2.28. The van der Waals surface area contributed by atoms with Gasteiger partial charge < -0.3 is 20.0 Å². The first-order chi connectivity index (χ1) is 14.2. The maximum Gasteiger partial charge on any atom is 0.238 e. The highest BCUT2D eigenvalue weighted by atomic mass is 16.2. The summed E-state index contributed by atoms with van der Waals surface area (Å²) in [6.07, 6.45) is 3.39. The molecule has 0 aliphatic carbocycles. The van der Waals surface area contributed by atoms with Crippen molar-refractivity contribution in [3.05, 3.63) is 65.7 Å². The molecular weight excluding hydrogens is 376 g/mol. The molecule has 0 fully saturated rings. The molecule has 0 aliphatic heterocycles. The lowest BCUT2D eigenvalue weighted by atomic mass is 10.1. The Bertz CT molecular complexity index is 890. The topological polar surface area (TPSA) is 55.9 Å². The summed E-state index contributed by atoms with van der Waals surface area (Å²) in [5, 5.41) is 2.82. The Hall–Kier alpha value is -2.96. The lowest BCUT2D eigenvalue weighted by Gasteiger charge is -2.21. The Kier molecular flexibility index (Phi) is 8.77. The van der Waals surface area contributed by atoms with Crippen LogP contribution in [0.5, 0.6) is 0 Å². The van der Waals surface area contributed by atoms with Crippen molar-refractivity contribution in [1.82, 2.24) is 9.80 Å². The molecule has 0 aliphatic rings. The van der Waals surface area contributed by atoms with Crippen LogP contribution in [-0.4, -0.2) is 76.4 Å². The lowest BCUT2D eigenvalue weighted by molar-refractivity contribution is -0.116. The molecule has 2 aromatic rings. The Morgan fingerprint density at radius 1 is 0.900 bits per heavy atom. The van der Waals surface area contributed by atoms with Gasteiger partial charge in [-0.05, 0) is 64.1 Å². The number of hydrogen-bond donors (Lipinski definition) is 1. The van der Waals surface area contributed by atoms with Crippen LogP contribution in [0.15, 0.2) is 54.6 Å². The molecule has 0 spiro atoms. The number of ketones is 1. The number of hydrogen-bond acceptors (Lipinski definition) is 5. The molecule has 0 saturated carbocycles. The molecule has 160 valence electrons. The van der Waals surface area contributed by atoms with E-state index in [2.05, 4.69) is 48.4 Å². The normalized spacial score (nSPS) is 11.3. The van der Waals surface area contributed by atoms with Gasteiger partial charge in [-0.2, -0.15) is 0 Å². The van der Waals surface area contributed by atoms with Gasteiger partial charge in [-0.1, -0.05) is 30.3 Å². The third-order valence-corrected chi connectivity index (χ3v) is 4.51. The molecule has 6 nitrogen and oxygen atoms in total. The first-order valence-corrected chi connectivity index (χ1v) is 9.97. The second-order valence-electron chi connectivity index (χ2n) is 7.88. The third-order valence-electron chi connectivity index (χ3n) is 4.51. The molecule has 2 rings (SSSR count). The minimum Gasteiger partial charge on any atom is -0.373 e. The Morgan fingerprint density at radius 2 is 1.63 bits per heavy atom. The van der Waals surface area contributed by atoms with E-state index in [-0.39, 0.29) is 18.2 Å². The van der Waals surface area contributed by atoms with Gasteiger partial charge in [-0.25, -0.2) is 0 Å². The van der Waals surface area contributed by atoms with Gasteiger partial charge >= 0.3 is 0 Å². The summed E-state index contributed by atoms with van der Waals surface area (Å²) in [6.45, 7) is 2.18. The van der Waals surface area contributed by atoms with Crippen LogP contribution in [0.4, 0.5) is 11.4 Å². The van der Waals surface area contributed by atoms with Crippen LogP contribution in [-0.2, 0) is 4.79 Å². The van der Waals surface area contributed by atoms with E-state index < -0.39 is 0 Å². The molecule has 6 heteroatoms. The second-order valence-corrected chi connectivity index (χ2v) is 7.88. The fourth-order valence-electron chi connectivity index (χ4n) is 2.85. The van der Waals surface area contributed by atoms with Crippen molar-refractivity contribution in [2.24, 2.45) is 0 Å². The average Bonchev–Trinajstić information content (AvgIpc) is 2.70. The van der Waals surface area contributed by atoms with E-state index in [1.165, 1.54) is 0 Å². The van der Waals surface area contributed by atoms with E-state index in [1.807, 2.05) is 32.3 Å². The summed E-state index contributed by atoms with van der Waals surface area (Å²) >= 11 is 0. The zero-order valence-electron chi connectivity index (χ0n) is 18.6. The molecular formula is C24H32N4O2. The van der Waals surface area contributed by atoms with Gasteiger partial charge in [-0.3, -0.25) is 9.59 Å². The van der Waals surface area contributed by atoms with Crippen LogP contribution in [0.3, 0.4) is 0 Å². The molecule has 30 heavy (non-hydrogen) atoms. The number of nitrogens with one attached hydrogen (secondary N) is 1. The van der Waals surface area contributed by atoms with Crippen LogP contribution in [0.1, 0.15) is 15.9 Å². The van der Waals surface area contributed by atoms with Gasteiger partial charge in [0, 0.05) is 37.1 Å². The highest BCUT2D eigenvalue weighted by Crippen LogP contribution is 2.17. The Morgan fingerprint density at radius 3 is 2.33 bits per heavy atom. The second kappa shape index (κ2) is 11.3. The predicted molar refractivity (Wildman–Crippen MR) is 125 cm³/mol. The first kappa shape index (κ1) is 23.3. The van der Waals surface area contributed by atoms with Crippen LogP contribution >= 0.6 is 0 Å². The summed E-state index contributed by atoms with van der Waals surface area (Å²) in [4.78, 5) is 30.7.